The lowest BCUT2D eigenvalue weighted by Crippen LogP contribution is -2.40. The molecule has 2 heterocycles. The number of hydrogen-bond donors (Lipinski definition) is 2. The lowest BCUT2D eigenvalue weighted by Gasteiger charge is -2.24. The lowest BCUT2D eigenvalue weighted by molar-refractivity contribution is -0.137. The van der Waals surface area contributed by atoms with E-state index in [0.29, 0.717) is 24.8 Å². The molecule has 0 spiro atoms. The van der Waals surface area contributed by atoms with E-state index in [1.54, 1.807) is 0 Å². The summed E-state index contributed by atoms with van der Waals surface area (Å²) in [4.78, 5) is 26.7. The van der Waals surface area contributed by atoms with E-state index in [9.17, 15) is 9.59 Å². The quantitative estimate of drug-likeness (QED) is 0.789. The summed E-state index contributed by atoms with van der Waals surface area (Å²) in [6, 6.07) is 0.0864. The Hall–Kier alpha value is -1.30. The number of carbonyl (C=O) groups is 2. The third-order valence-electron chi connectivity index (χ3n) is 4.42. The molecule has 0 radical (unpaired) electrons. The Labute approximate surface area is 119 Å². The van der Waals surface area contributed by atoms with Crippen molar-refractivity contribution in [3.63, 3.8) is 0 Å². The van der Waals surface area contributed by atoms with Crippen molar-refractivity contribution in [1.29, 1.82) is 0 Å². The summed E-state index contributed by atoms with van der Waals surface area (Å²) in [5.41, 5.74) is 0. The highest BCUT2D eigenvalue weighted by Crippen LogP contribution is 2.25. The highest BCUT2D eigenvalue weighted by atomic mass is 16.4. The van der Waals surface area contributed by atoms with Crippen LogP contribution in [0.3, 0.4) is 0 Å². The van der Waals surface area contributed by atoms with Crippen LogP contribution in [0.15, 0.2) is 0 Å². The van der Waals surface area contributed by atoms with Crippen molar-refractivity contribution in [3.8, 4) is 0 Å². The van der Waals surface area contributed by atoms with Gasteiger partial charge in [0.25, 0.3) is 0 Å². The molecule has 2 amide bonds. The molecule has 2 atom stereocenters. The molecule has 2 N–H and O–H groups in total. The molecule has 2 rings (SSSR count). The third-order valence-corrected chi connectivity index (χ3v) is 4.42. The van der Waals surface area contributed by atoms with Gasteiger partial charge in [-0.2, -0.15) is 0 Å². The van der Waals surface area contributed by atoms with Crippen LogP contribution in [0.25, 0.3) is 0 Å². The molecule has 0 aromatic carbocycles. The Balaban J connectivity index is 1.75. The Morgan fingerprint density at radius 1 is 1.00 bits per heavy atom. The van der Waals surface area contributed by atoms with E-state index in [1.807, 2.05) is 9.80 Å². The summed E-state index contributed by atoms with van der Waals surface area (Å²) in [6.07, 6.45) is 3.50. The van der Waals surface area contributed by atoms with E-state index in [4.69, 9.17) is 10.2 Å². The number of aliphatic carboxylic acids is 1. The molecule has 0 bridgehead atoms. The fraction of sp³-hybridized carbons (Fsp3) is 0.857. The number of aliphatic hydroxyl groups excluding tert-OH is 1. The average molecular weight is 284 g/mol. The normalized spacial score (nSPS) is 26.2. The second-order valence-electron chi connectivity index (χ2n) is 5.93. The zero-order valence-electron chi connectivity index (χ0n) is 11.8. The van der Waals surface area contributed by atoms with Crippen molar-refractivity contribution in [1.82, 2.24) is 9.80 Å². The minimum atomic E-state index is -0.763. The first kappa shape index (κ1) is 15.1. The molecule has 0 aromatic rings. The largest absolute Gasteiger partial charge is 0.481 e. The number of carboxylic acids is 1. The van der Waals surface area contributed by atoms with E-state index in [0.717, 1.165) is 38.9 Å². The number of urea groups is 1. The maximum atomic E-state index is 12.4. The van der Waals surface area contributed by atoms with Crippen LogP contribution in [0.1, 0.15) is 32.1 Å². The summed E-state index contributed by atoms with van der Waals surface area (Å²) >= 11 is 0. The molecule has 0 saturated carbocycles. The number of rotatable bonds is 5. The predicted octanol–water partition coefficient (Wildman–Crippen LogP) is 0.997. The topological polar surface area (TPSA) is 81.1 Å². The van der Waals surface area contributed by atoms with Crippen molar-refractivity contribution in [3.05, 3.63) is 0 Å². The van der Waals surface area contributed by atoms with Crippen molar-refractivity contribution >= 4 is 12.0 Å². The zero-order valence-corrected chi connectivity index (χ0v) is 11.8. The zero-order chi connectivity index (χ0) is 14.5. The predicted molar refractivity (Wildman–Crippen MR) is 73.3 cm³/mol. The van der Waals surface area contributed by atoms with Gasteiger partial charge >= 0.3 is 12.0 Å². The van der Waals surface area contributed by atoms with E-state index in [2.05, 4.69) is 0 Å². The number of aliphatic hydroxyl groups is 1. The van der Waals surface area contributed by atoms with Gasteiger partial charge in [0, 0.05) is 39.2 Å². The number of carbonyl (C=O) groups excluding carboxylic acids is 1. The monoisotopic (exact) mass is 284 g/mol. The van der Waals surface area contributed by atoms with Gasteiger partial charge in [0.1, 0.15) is 0 Å². The molecule has 6 heteroatoms. The van der Waals surface area contributed by atoms with Crippen molar-refractivity contribution in [2.75, 3.05) is 32.8 Å². The highest BCUT2D eigenvalue weighted by Gasteiger charge is 2.32. The first-order chi connectivity index (χ1) is 9.60. The standard InChI is InChI=1S/C14H24N2O4/c17-8-5-12-4-7-16(10-12)14(20)15-6-3-11(9-15)1-2-13(18)19/h11-12,17H,1-10H2,(H,18,19). The maximum Gasteiger partial charge on any atom is 0.320 e. The van der Waals surface area contributed by atoms with Gasteiger partial charge in [-0.1, -0.05) is 0 Å². The van der Waals surface area contributed by atoms with Crippen LogP contribution in [0.4, 0.5) is 4.79 Å². The summed E-state index contributed by atoms with van der Waals surface area (Å²) < 4.78 is 0. The number of carboxylic acid groups (broad SMARTS) is 1. The SMILES string of the molecule is O=C(O)CCC1CCN(C(=O)N2CCC(CCO)C2)C1. The van der Waals surface area contributed by atoms with Gasteiger partial charge < -0.3 is 20.0 Å². The molecule has 6 nitrogen and oxygen atoms in total. The van der Waals surface area contributed by atoms with E-state index in [-0.39, 0.29) is 19.1 Å². The number of likely N-dealkylation sites (tertiary alicyclic amines) is 2. The van der Waals surface area contributed by atoms with Crippen LogP contribution in [0.2, 0.25) is 0 Å². The highest BCUT2D eigenvalue weighted by molar-refractivity contribution is 5.75. The maximum absolute atomic E-state index is 12.4. The molecule has 0 aromatic heterocycles. The van der Waals surface area contributed by atoms with E-state index < -0.39 is 5.97 Å². The van der Waals surface area contributed by atoms with E-state index >= 15 is 0 Å². The van der Waals surface area contributed by atoms with Crippen LogP contribution in [-0.2, 0) is 4.79 Å². The number of amides is 2. The van der Waals surface area contributed by atoms with Crippen LogP contribution in [-0.4, -0.2) is 64.8 Å². The number of hydrogen-bond acceptors (Lipinski definition) is 3. The lowest BCUT2D eigenvalue weighted by atomic mass is 10.0. The Morgan fingerprint density at radius 3 is 2.05 bits per heavy atom. The van der Waals surface area contributed by atoms with Gasteiger partial charge in [0.05, 0.1) is 0 Å². The smallest absolute Gasteiger partial charge is 0.320 e. The molecular weight excluding hydrogens is 260 g/mol. The summed E-state index contributed by atoms with van der Waals surface area (Å²) in [5, 5.41) is 17.6. The van der Waals surface area contributed by atoms with Gasteiger partial charge in [-0.05, 0) is 37.5 Å². The van der Waals surface area contributed by atoms with E-state index in [1.165, 1.54) is 0 Å². The van der Waals surface area contributed by atoms with Crippen LogP contribution < -0.4 is 0 Å². The van der Waals surface area contributed by atoms with Crippen LogP contribution >= 0.6 is 0 Å². The molecule has 114 valence electrons. The molecule has 2 aliphatic rings. The summed E-state index contributed by atoms with van der Waals surface area (Å²) in [5.74, 6) is -0.0126. The van der Waals surface area contributed by atoms with Crippen molar-refractivity contribution < 1.29 is 19.8 Å². The van der Waals surface area contributed by atoms with Gasteiger partial charge in [0.15, 0.2) is 0 Å². The fourth-order valence-corrected chi connectivity index (χ4v) is 3.19. The molecule has 2 aliphatic heterocycles. The van der Waals surface area contributed by atoms with Gasteiger partial charge in [-0.15, -0.1) is 0 Å². The molecular formula is C14H24N2O4. The molecule has 2 unspecified atom stereocenters. The number of nitrogens with zero attached hydrogens (tertiary/aromatic N) is 2. The van der Waals surface area contributed by atoms with Crippen LogP contribution in [0.5, 0.6) is 0 Å². The second kappa shape index (κ2) is 6.92. The average Bonchev–Trinajstić information content (AvgIpc) is 3.05. The van der Waals surface area contributed by atoms with Gasteiger partial charge in [0.2, 0.25) is 0 Å². The molecule has 2 fully saturated rings. The molecule has 20 heavy (non-hydrogen) atoms. The molecule has 2 saturated heterocycles. The third kappa shape index (κ3) is 3.85. The first-order valence-corrected chi connectivity index (χ1v) is 7.46. The fourth-order valence-electron chi connectivity index (χ4n) is 3.19. The minimum absolute atomic E-state index is 0.0864. The van der Waals surface area contributed by atoms with Crippen molar-refractivity contribution in [2.24, 2.45) is 11.8 Å². The van der Waals surface area contributed by atoms with Gasteiger partial charge in [-0.3, -0.25) is 4.79 Å². The molecule has 0 aliphatic carbocycles. The minimum Gasteiger partial charge on any atom is -0.481 e. The summed E-state index contributed by atoms with van der Waals surface area (Å²) in [6.45, 7) is 3.14. The van der Waals surface area contributed by atoms with Crippen LogP contribution in [0, 0.1) is 11.8 Å². The summed E-state index contributed by atoms with van der Waals surface area (Å²) in [7, 11) is 0. The van der Waals surface area contributed by atoms with Gasteiger partial charge in [-0.25, -0.2) is 4.79 Å². The van der Waals surface area contributed by atoms with Crippen molar-refractivity contribution in [2.45, 2.75) is 32.1 Å². The second-order valence-corrected chi connectivity index (χ2v) is 5.93. The first-order valence-electron chi connectivity index (χ1n) is 7.46. The Kier molecular flexibility index (Phi) is 5.23. The Morgan fingerprint density at radius 2 is 1.55 bits per heavy atom. The Bertz CT molecular complexity index is 361.